The van der Waals surface area contributed by atoms with E-state index in [4.69, 9.17) is 9.47 Å². The average Bonchev–Trinajstić information content (AvgIpc) is 2.83. The second kappa shape index (κ2) is 7.58. The van der Waals surface area contributed by atoms with E-state index in [0.717, 1.165) is 22.8 Å². The van der Waals surface area contributed by atoms with Crippen LogP contribution in [0.15, 0.2) is 28.4 Å². The molecule has 8 heteroatoms. The van der Waals surface area contributed by atoms with Gasteiger partial charge in [0, 0.05) is 12.2 Å². The Morgan fingerprint density at radius 3 is 2.81 bits per heavy atom. The number of methoxy groups -OCH3 is 1. The number of carbonyl (C=O) groups is 1. The fourth-order valence-corrected chi connectivity index (χ4v) is 3.06. The number of carbonyl (C=O) groups excluding carboxylic acids is 1. The molecule has 1 aliphatic rings. The quantitative estimate of drug-likeness (QED) is 0.785. The van der Waals surface area contributed by atoms with Crippen LogP contribution in [0.5, 0.6) is 0 Å². The number of aromatic nitrogens is 2. The third kappa shape index (κ3) is 4.06. The lowest BCUT2D eigenvalue weighted by molar-refractivity contribution is 0.0572. The number of aliphatic hydroxyl groups is 1. The summed E-state index contributed by atoms with van der Waals surface area (Å²) in [6.07, 6.45) is 0. The van der Waals surface area contributed by atoms with Crippen LogP contribution in [0.25, 0.3) is 11.3 Å². The lowest BCUT2D eigenvalue weighted by Gasteiger charge is -2.22. The maximum absolute atomic E-state index is 11.8. The predicted molar refractivity (Wildman–Crippen MR) is 98.9 cm³/mol. The molecule has 0 fully saturated rings. The van der Waals surface area contributed by atoms with Gasteiger partial charge in [-0.15, -0.1) is 0 Å². The molecule has 0 unspecified atom stereocenters. The van der Waals surface area contributed by atoms with E-state index in [9.17, 15) is 9.90 Å². The van der Waals surface area contributed by atoms with Gasteiger partial charge >= 0.3 is 5.97 Å². The van der Waals surface area contributed by atoms with Gasteiger partial charge in [-0.2, -0.15) is 10.2 Å². The zero-order valence-electron chi connectivity index (χ0n) is 16.0. The van der Waals surface area contributed by atoms with Crippen LogP contribution in [0.4, 0.5) is 5.69 Å². The maximum atomic E-state index is 11.8. The number of benzene rings is 1. The summed E-state index contributed by atoms with van der Waals surface area (Å²) in [6, 6.07) is 5.17. The SMILES string of the molecule is CCOCc1nc2c(n1CC(C)(C)O)-c1ccc(C(=O)OC)cc1N=NC2. The first-order valence-electron chi connectivity index (χ1n) is 8.82. The van der Waals surface area contributed by atoms with Crippen molar-refractivity contribution in [3.63, 3.8) is 0 Å². The van der Waals surface area contributed by atoms with E-state index in [1.165, 1.54) is 7.11 Å². The Morgan fingerprint density at radius 1 is 1.37 bits per heavy atom. The van der Waals surface area contributed by atoms with Crippen LogP contribution in [0, 0.1) is 0 Å². The Kier molecular flexibility index (Phi) is 5.38. The van der Waals surface area contributed by atoms with E-state index in [1.54, 1.807) is 26.0 Å². The average molecular weight is 372 g/mol. The molecule has 1 aromatic carbocycles. The Hall–Kier alpha value is -2.58. The van der Waals surface area contributed by atoms with Crippen molar-refractivity contribution in [3.05, 3.63) is 35.3 Å². The molecule has 8 nitrogen and oxygen atoms in total. The van der Waals surface area contributed by atoms with Gasteiger partial charge in [0.1, 0.15) is 19.0 Å². The maximum Gasteiger partial charge on any atom is 0.337 e. The number of rotatable bonds is 6. The number of esters is 1. The molecule has 0 bridgehead atoms. The number of hydrogen-bond acceptors (Lipinski definition) is 7. The van der Waals surface area contributed by atoms with Crippen LogP contribution in [-0.2, 0) is 29.2 Å². The molecule has 1 aliphatic heterocycles. The molecule has 3 rings (SSSR count). The monoisotopic (exact) mass is 372 g/mol. The van der Waals surface area contributed by atoms with Crippen LogP contribution in [0.3, 0.4) is 0 Å². The molecule has 0 radical (unpaired) electrons. The molecule has 0 aliphatic carbocycles. The highest BCUT2D eigenvalue weighted by Crippen LogP contribution is 2.38. The molecule has 144 valence electrons. The van der Waals surface area contributed by atoms with Gasteiger partial charge in [-0.1, -0.05) is 0 Å². The van der Waals surface area contributed by atoms with Crippen molar-refractivity contribution in [2.45, 2.75) is 46.1 Å². The summed E-state index contributed by atoms with van der Waals surface area (Å²) in [4.78, 5) is 16.5. The van der Waals surface area contributed by atoms with E-state index in [0.29, 0.717) is 37.6 Å². The molecule has 0 saturated carbocycles. The Balaban J connectivity index is 2.16. The van der Waals surface area contributed by atoms with Crippen molar-refractivity contribution in [2.24, 2.45) is 10.2 Å². The van der Waals surface area contributed by atoms with Gasteiger partial charge in [0.05, 0.1) is 41.9 Å². The second-order valence-corrected chi connectivity index (χ2v) is 6.98. The van der Waals surface area contributed by atoms with Gasteiger partial charge < -0.3 is 19.1 Å². The molecule has 2 aromatic rings. The zero-order chi connectivity index (χ0) is 19.6. The highest BCUT2D eigenvalue weighted by molar-refractivity contribution is 5.92. The van der Waals surface area contributed by atoms with Crippen molar-refractivity contribution < 1.29 is 19.4 Å². The first kappa shape index (κ1) is 19.2. The van der Waals surface area contributed by atoms with Crippen molar-refractivity contribution in [2.75, 3.05) is 13.7 Å². The number of nitrogens with zero attached hydrogens (tertiary/aromatic N) is 4. The van der Waals surface area contributed by atoms with Crippen molar-refractivity contribution >= 4 is 11.7 Å². The summed E-state index contributed by atoms with van der Waals surface area (Å²) in [7, 11) is 1.34. The smallest absolute Gasteiger partial charge is 0.337 e. The molecule has 0 spiro atoms. The lowest BCUT2D eigenvalue weighted by Crippen LogP contribution is -2.27. The van der Waals surface area contributed by atoms with Crippen LogP contribution in [0.1, 0.15) is 42.6 Å². The molecule has 0 saturated heterocycles. The minimum absolute atomic E-state index is 0.315. The van der Waals surface area contributed by atoms with Gasteiger partial charge in [0.2, 0.25) is 0 Å². The summed E-state index contributed by atoms with van der Waals surface area (Å²) in [5.74, 6) is 0.295. The third-order valence-corrected chi connectivity index (χ3v) is 4.17. The lowest BCUT2D eigenvalue weighted by atomic mass is 10.0. The molecule has 27 heavy (non-hydrogen) atoms. The number of azo groups is 1. The van der Waals surface area contributed by atoms with Crippen molar-refractivity contribution in [3.8, 4) is 11.3 Å². The minimum Gasteiger partial charge on any atom is -0.465 e. The molecular weight excluding hydrogens is 348 g/mol. The van der Waals surface area contributed by atoms with Crippen LogP contribution in [-0.4, -0.2) is 39.9 Å². The molecule has 0 amide bonds. The third-order valence-electron chi connectivity index (χ3n) is 4.17. The normalized spacial score (nSPS) is 13.1. The fraction of sp³-hybridized carbons (Fsp3) is 0.474. The largest absolute Gasteiger partial charge is 0.465 e. The first-order valence-corrected chi connectivity index (χ1v) is 8.82. The van der Waals surface area contributed by atoms with Gasteiger partial charge in [0.25, 0.3) is 0 Å². The van der Waals surface area contributed by atoms with Crippen LogP contribution in [0.2, 0.25) is 0 Å². The van der Waals surface area contributed by atoms with Gasteiger partial charge in [0.15, 0.2) is 0 Å². The summed E-state index contributed by atoms with van der Waals surface area (Å²) < 4.78 is 12.3. The number of fused-ring (bicyclic) bond motifs is 3. The number of ether oxygens (including phenoxy) is 2. The van der Waals surface area contributed by atoms with Gasteiger partial charge in [-0.25, -0.2) is 9.78 Å². The summed E-state index contributed by atoms with van der Waals surface area (Å²) in [5, 5.41) is 18.9. The highest BCUT2D eigenvalue weighted by atomic mass is 16.5. The minimum atomic E-state index is -0.942. The summed E-state index contributed by atoms with van der Waals surface area (Å²) in [6.45, 7) is 6.98. The Labute approximate surface area is 157 Å². The number of hydrogen-bond donors (Lipinski definition) is 1. The molecule has 1 N–H and O–H groups in total. The van der Waals surface area contributed by atoms with Crippen LogP contribution >= 0.6 is 0 Å². The molecule has 2 heterocycles. The second-order valence-electron chi connectivity index (χ2n) is 6.98. The fourth-order valence-electron chi connectivity index (χ4n) is 3.06. The van der Waals surface area contributed by atoms with Crippen molar-refractivity contribution in [1.29, 1.82) is 0 Å². The predicted octanol–water partition coefficient (Wildman–Crippen LogP) is 3.24. The highest BCUT2D eigenvalue weighted by Gasteiger charge is 2.26. The summed E-state index contributed by atoms with van der Waals surface area (Å²) in [5.41, 5.74) is 2.43. The van der Waals surface area contributed by atoms with E-state index in [-0.39, 0.29) is 0 Å². The van der Waals surface area contributed by atoms with Crippen molar-refractivity contribution in [1.82, 2.24) is 9.55 Å². The number of imidazole rings is 1. The van der Waals surface area contributed by atoms with E-state index in [1.807, 2.05) is 17.6 Å². The van der Waals surface area contributed by atoms with Gasteiger partial charge in [-0.05, 0) is 39.0 Å². The Morgan fingerprint density at radius 2 is 2.15 bits per heavy atom. The van der Waals surface area contributed by atoms with E-state index >= 15 is 0 Å². The first-order chi connectivity index (χ1) is 12.8. The molecule has 0 atom stereocenters. The molecule has 1 aromatic heterocycles. The van der Waals surface area contributed by atoms with E-state index in [2.05, 4.69) is 15.2 Å². The standard InChI is InChI=1S/C19H24N4O4/c1-5-27-10-16-21-15-9-20-22-14-8-12(18(24)26-4)6-7-13(14)17(15)23(16)11-19(2,3)25/h6-8,25H,5,9-11H2,1-4H3. The topological polar surface area (TPSA) is 98.3 Å². The Bertz CT molecular complexity index is 881. The van der Waals surface area contributed by atoms with E-state index < -0.39 is 11.6 Å². The van der Waals surface area contributed by atoms with Gasteiger partial charge in [-0.3, -0.25) is 0 Å². The molecular formula is C19H24N4O4. The summed E-state index contributed by atoms with van der Waals surface area (Å²) >= 11 is 0. The van der Waals surface area contributed by atoms with Crippen LogP contribution < -0.4 is 0 Å². The zero-order valence-corrected chi connectivity index (χ0v) is 16.0.